The number of rotatable bonds is 3. The van der Waals surface area contributed by atoms with Crippen LogP contribution in [0.2, 0.25) is 0 Å². The lowest BCUT2D eigenvalue weighted by molar-refractivity contribution is 0.103. The highest BCUT2D eigenvalue weighted by Crippen LogP contribution is 2.29. The molecule has 0 unspecified atom stereocenters. The Kier molecular flexibility index (Phi) is 4.02. The van der Waals surface area contributed by atoms with Gasteiger partial charge in [0.15, 0.2) is 0 Å². The van der Waals surface area contributed by atoms with E-state index in [0.717, 1.165) is 11.1 Å². The van der Waals surface area contributed by atoms with E-state index < -0.39 is 0 Å². The maximum atomic E-state index is 12.9. The van der Waals surface area contributed by atoms with Crippen LogP contribution >= 0.6 is 11.3 Å². The van der Waals surface area contributed by atoms with Crippen molar-refractivity contribution in [2.45, 2.75) is 6.92 Å². The molecule has 1 amide bonds. The summed E-state index contributed by atoms with van der Waals surface area (Å²) in [5.74, 6) is -0.508. The largest absolute Gasteiger partial charge is 0.321 e. The Morgan fingerprint density at radius 1 is 1.00 bits per heavy atom. The molecule has 1 aromatic heterocycles. The zero-order valence-electron chi connectivity index (χ0n) is 12.0. The van der Waals surface area contributed by atoms with Crippen LogP contribution in [0.3, 0.4) is 0 Å². The molecule has 0 bridgehead atoms. The number of anilines is 1. The number of carbonyl (C=O) groups excluding carboxylic acids is 1. The molecule has 0 saturated heterocycles. The molecule has 4 heteroatoms. The molecule has 0 fully saturated rings. The molecule has 0 atom stereocenters. The first-order valence-corrected chi connectivity index (χ1v) is 7.73. The highest BCUT2D eigenvalue weighted by Gasteiger charge is 2.14. The van der Waals surface area contributed by atoms with E-state index in [1.807, 2.05) is 42.6 Å². The molecule has 0 radical (unpaired) electrons. The number of benzene rings is 2. The average molecular weight is 311 g/mol. The minimum Gasteiger partial charge on any atom is -0.321 e. The molecule has 0 aliphatic heterocycles. The number of nitrogens with one attached hydrogen (secondary N) is 1. The minimum atomic E-state index is -0.325. The van der Waals surface area contributed by atoms with Gasteiger partial charge in [0.1, 0.15) is 5.82 Å². The van der Waals surface area contributed by atoms with Crippen LogP contribution in [0.4, 0.5) is 10.1 Å². The van der Waals surface area contributed by atoms with Crippen molar-refractivity contribution in [3.05, 3.63) is 76.2 Å². The molecule has 110 valence electrons. The smallest absolute Gasteiger partial charge is 0.266 e. The number of thiophene rings is 1. The maximum Gasteiger partial charge on any atom is 0.266 e. The summed E-state index contributed by atoms with van der Waals surface area (Å²) in [5.41, 5.74) is 3.67. The molecule has 2 nitrogen and oxygen atoms in total. The summed E-state index contributed by atoms with van der Waals surface area (Å²) >= 11 is 1.39. The van der Waals surface area contributed by atoms with Gasteiger partial charge in [0.2, 0.25) is 0 Å². The molecular weight excluding hydrogens is 297 g/mol. The second kappa shape index (κ2) is 6.12. The number of carbonyl (C=O) groups is 1. The summed E-state index contributed by atoms with van der Waals surface area (Å²) in [4.78, 5) is 13.1. The second-order valence-corrected chi connectivity index (χ2v) is 5.91. The van der Waals surface area contributed by atoms with E-state index in [-0.39, 0.29) is 11.7 Å². The zero-order valence-corrected chi connectivity index (χ0v) is 12.8. The van der Waals surface area contributed by atoms with Crippen LogP contribution in [0.1, 0.15) is 15.2 Å². The maximum absolute atomic E-state index is 12.9. The van der Waals surface area contributed by atoms with Crippen LogP contribution in [0.15, 0.2) is 60.0 Å². The molecule has 0 saturated carbocycles. The predicted octanol–water partition coefficient (Wildman–Crippen LogP) is 5.11. The standard InChI is InChI=1S/C18H14FNOS/c1-12-2-4-13(5-3-12)16-10-11-22-17(16)18(21)20-15-8-6-14(19)7-9-15/h2-11H,1H3,(H,20,21). The third-order valence-electron chi connectivity index (χ3n) is 3.34. The summed E-state index contributed by atoms with van der Waals surface area (Å²) in [5, 5.41) is 4.70. The molecule has 2 aromatic carbocycles. The first-order chi connectivity index (χ1) is 10.6. The lowest BCUT2D eigenvalue weighted by Crippen LogP contribution is -2.11. The number of hydrogen-bond donors (Lipinski definition) is 1. The summed E-state index contributed by atoms with van der Waals surface area (Å²) < 4.78 is 12.9. The van der Waals surface area contributed by atoms with E-state index in [0.29, 0.717) is 10.6 Å². The van der Waals surface area contributed by atoms with Crippen molar-refractivity contribution < 1.29 is 9.18 Å². The normalized spacial score (nSPS) is 10.5. The van der Waals surface area contributed by atoms with Gasteiger partial charge in [-0.1, -0.05) is 29.8 Å². The van der Waals surface area contributed by atoms with Gasteiger partial charge in [-0.3, -0.25) is 4.79 Å². The lowest BCUT2D eigenvalue weighted by Gasteiger charge is -2.07. The van der Waals surface area contributed by atoms with Gasteiger partial charge in [0.05, 0.1) is 4.88 Å². The van der Waals surface area contributed by atoms with Crippen molar-refractivity contribution in [1.29, 1.82) is 0 Å². The first-order valence-electron chi connectivity index (χ1n) is 6.85. The summed E-state index contributed by atoms with van der Waals surface area (Å²) in [7, 11) is 0. The third kappa shape index (κ3) is 3.07. The Morgan fingerprint density at radius 2 is 1.68 bits per heavy atom. The van der Waals surface area contributed by atoms with Gasteiger partial charge in [0, 0.05) is 11.3 Å². The van der Waals surface area contributed by atoms with Crippen LogP contribution in [0.25, 0.3) is 11.1 Å². The van der Waals surface area contributed by atoms with E-state index in [1.54, 1.807) is 12.1 Å². The van der Waals surface area contributed by atoms with Crippen molar-refractivity contribution in [1.82, 2.24) is 0 Å². The molecule has 3 aromatic rings. The molecule has 3 rings (SSSR count). The van der Waals surface area contributed by atoms with Gasteiger partial charge in [-0.05, 0) is 48.2 Å². The number of amides is 1. The highest BCUT2D eigenvalue weighted by atomic mass is 32.1. The van der Waals surface area contributed by atoms with Crippen LogP contribution < -0.4 is 5.32 Å². The van der Waals surface area contributed by atoms with Crippen LogP contribution in [0, 0.1) is 12.7 Å². The van der Waals surface area contributed by atoms with Gasteiger partial charge in [-0.25, -0.2) is 4.39 Å². The predicted molar refractivity (Wildman–Crippen MR) is 88.8 cm³/mol. The van der Waals surface area contributed by atoms with Crippen LogP contribution in [0.5, 0.6) is 0 Å². The number of aryl methyl sites for hydroxylation is 1. The van der Waals surface area contributed by atoms with Crippen molar-refractivity contribution in [2.75, 3.05) is 5.32 Å². The molecule has 0 spiro atoms. The van der Waals surface area contributed by atoms with E-state index in [4.69, 9.17) is 0 Å². The van der Waals surface area contributed by atoms with Crippen LogP contribution in [-0.2, 0) is 0 Å². The fourth-order valence-corrected chi connectivity index (χ4v) is 2.98. The van der Waals surface area contributed by atoms with E-state index in [2.05, 4.69) is 5.32 Å². The fraction of sp³-hybridized carbons (Fsp3) is 0.0556. The Labute approximate surface area is 132 Å². The zero-order chi connectivity index (χ0) is 15.5. The van der Waals surface area contributed by atoms with Gasteiger partial charge < -0.3 is 5.32 Å². The number of halogens is 1. The van der Waals surface area contributed by atoms with Crippen LogP contribution in [-0.4, -0.2) is 5.91 Å². The first kappa shape index (κ1) is 14.5. The fourth-order valence-electron chi connectivity index (χ4n) is 2.17. The summed E-state index contributed by atoms with van der Waals surface area (Å²) in [6, 6.07) is 15.7. The molecule has 1 heterocycles. The van der Waals surface area contributed by atoms with Crippen molar-refractivity contribution in [3.8, 4) is 11.1 Å². The minimum absolute atomic E-state index is 0.183. The Hall–Kier alpha value is -2.46. The SMILES string of the molecule is Cc1ccc(-c2ccsc2C(=O)Nc2ccc(F)cc2)cc1. The Balaban J connectivity index is 1.86. The van der Waals surface area contributed by atoms with Gasteiger partial charge >= 0.3 is 0 Å². The van der Waals surface area contributed by atoms with E-state index >= 15 is 0 Å². The number of hydrogen-bond acceptors (Lipinski definition) is 2. The molecule has 0 aliphatic rings. The Morgan fingerprint density at radius 3 is 2.36 bits per heavy atom. The van der Waals surface area contributed by atoms with Gasteiger partial charge in [-0.2, -0.15) is 0 Å². The quantitative estimate of drug-likeness (QED) is 0.715. The average Bonchev–Trinajstić information content (AvgIpc) is 3.00. The van der Waals surface area contributed by atoms with E-state index in [9.17, 15) is 9.18 Å². The lowest BCUT2D eigenvalue weighted by atomic mass is 10.0. The van der Waals surface area contributed by atoms with Crippen molar-refractivity contribution >= 4 is 22.9 Å². The molecule has 1 N–H and O–H groups in total. The monoisotopic (exact) mass is 311 g/mol. The topological polar surface area (TPSA) is 29.1 Å². The third-order valence-corrected chi connectivity index (χ3v) is 4.25. The summed E-state index contributed by atoms with van der Waals surface area (Å²) in [6.07, 6.45) is 0. The van der Waals surface area contributed by atoms with Gasteiger partial charge in [0.25, 0.3) is 5.91 Å². The Bertz CT molecular complexity index is 791. The second-order valence-electron chi connectivity index (χ2n) is 4.99. The highest BCUT2D eigenvalue weighted by molar-refractivity contribution is 7.12. The summed E-state index contributed by atoms with van der Waals surface area (Å²) in [6.45, 7) is 2.03. The van der Waals surface area contributed by atoms with Gasteiger partial charge in [-0.15, -0.1) is 11.3 Å². The van der Waals surface area contributed by atoms with Crippen molar-refractivity contribution in [3.63, 3.8) is 0 Å². The molecule has 0 aliphatic carbocycles. The van der Waals surface area contributed by atoms with E-state index in [1.165, 1.54) is 29.0 Å². The molecule has 22 heavy (non-hydrogen) atoms. The molecular formula is C18H14FNOS. The van der Waals surface area contributed by atoms with Crippen molar-refractivity contribution in [2.24, 2.45) is 0 Å².